The minimum absolute atomic E-state index is 0.130. The van der Waals surface area contributed by atoms with Gasteiger partial charge in [-0.15, -0.1) is 5.54 Å². The van der Waals surface area contributed by atoms with Crippen molar-refractivity contribution in [3.8, 4) is 11.5 Å². The molecule has 1 N–H and O–H groups in total. The molecule has 2 saturated heterocycles. The van der Waals surface area contributed by atoms with Gasteiger partial charge in [0.1, 0.15) is 8.07 Å². The topological polar surface area (TPSA) is 65.0 Å². The van der Waals surface area contributed by atoms with Gasteiger partial charge in [0, 0.05) is 12.8 Å². The van der Waals surface area contributed by atoms with Crippen molar-refractivity contribution in [1.29, 1.82) is 0 Å². The molecule has 0 aromatic carbocycles. The predicted octanol–water partition coefficient (Wildman–Crippen LogP) is 1.66. The Morgan fingerprint density at radius 1 is 1.35 bits per heavy atom. The van der Waals surface area contributed by atoms with Crippen LogP contribution in [0.5, 0.6) is 0 Å². The summed E-state index contributed by atoms with van der Waals surface area (Å²) in [6, 6.07) is 0. The van der Waals surface area contributed by atoms with Gasteiger partial charge in [0.25, 0.3) is 0 Å². The molecule has 2 rings (SSSR count). The van der Waals surface area contributed by atoms with Crippen molar-refractivity contribution in [2.75, 3.05) is 7.11 Å². The molecule has 23 heavy (non-hydrogen) atoms. The second-order valence-electron chi connectivity index (χ2n) is 7.10. The fourth-order valence-corrected chi connectivity index (χ4v) is 3.30. The van der Waals surface area contributed by atoms with Crippen molar-refractivity contribution >= 4 is 14.0 Å². The monoisotopic (exact) mass is 338 g/mol. The van der Waals surface area contributed by atoms with Crippen LogP contribution >= 0.6 is 0 Å². The fraction of sp³-hybridized carbons (Fsp3) is 0.706. The van der Waals surface area contributed by atoms with Crippen LogP contribution in [0.4, 0.5) is 0 Å². The van der Waals surface area contributed by atoms with Crippen LogP contribution in [-0.4, -0.2) is 56.8 Å². The van der Waals surface area contributed by atoms with Gasteiger partial charge < -0.3 is 19.3 Å². The molecule has 0 radical (unpaired) electrons. The number of carbonyl (C=O) groups is 1. The highest BCUT2D eigenvalue weighted by Crippen LogP contribution is 2.36. The first kappa shape index (κ1) is 18.2. The summed E-state index contributed by atoms with van der Waals surface area (Å²) in [6.07, 6.45) is 3.67. The van der Waals surface area contributed by atoms with Gasteiger partial charge in [0.15, 0.2) is 6.10 Å². The minimum Gasteiger partial charge on any atom is -0.467 e. The normalized spacial score (nSPS) is 31.5. The smallest absolute Gasteiger partial charge is 0.335 e. The number of aliphatic hydroxyl groups is 1. The Hall–Kier alpha value is -1.13. The standard InChI is InChI=1S/C17H26O5Si/c1-20-17(19)16-11-15-14(22-16)10-13(21-15)12(18)8-6-5-7-9-23(2,3)4/h5-6,12-16,18H,8,10-11H2,1-4H3/b6-5-/t12-,13+,14+,15+,16-/m1/s1. The van der Waals surface area contributed by atoms with Gasteiger partial charge in [-0.2, -0.15) is 0 Å². The van der Waals surface area contributed by atoms with E-state index in [4.69, 9.17) is 9.47 Å². The summed E-state index contributed by atoms with van der Waals surface area (Å²) < 4.78 is 16.2. The Labute approximate surface area is 139 Å². The molecule has 0 amide bonds. The Morgan fingerprint density at radius 3 is 2.65 bits per heavy atom. The van der Waals surface area contributed by atoms with Gasteiger partial charge in [0.05, 0.1) is 31.5 Å². The van der Waals surface area contributed by atoms with Crippen LogP contribution in [0, 0.1) is 11.5 Å². The van der Waals surface area contributed by atoms with E-state index in [0.29, 0.717) is 19.3 Å². The van der Waals surface area contributed by atoms with E-state index >= 15 is 0 Å². The summed E-state index contributed by atoms with van der Waals surface area (Å²) in [4.78, 5) is 11.5. The SMILES string of the molecule is COC(=O)[C@H]1C[C@@H]2O[C@H]([C@H](O)C/C=C\C#C[Si](C)(C)C)C[C@@H]2O1. The molecule has 0 aliphatic carbocycles. The minimum atomic E-state index is -1.35. The van der Waals surface area contributed by atoms with Crippen LogP contribution in [0.2, 0.25) is 19.6 Å². The molecule has 2 aliphatic heterocycles. The number of aliphatic hydroxyl groups excluding tert-OH is 1. The molecule has 5 atom stereocenters. The number of rotatable bonds is 4. The molecule has 0 aromatic heterocycles. The maximum absolute atomic E-state index is 11.5. The average Bonchev–Trinajstić information content (AvgIpc) is 3.03. The molecular weight excluding hydrogens is 312 g/mol. The lowest BCUT2D eigenvalue weighted by Gasteiger charge is -2.18. The van der Waals surface area contributed by atoms with E-state index in [9.17, 15) is 9.90 Å². The first-order valence-electron chi connectivity index (χ1n) is 8.04. The molecule has 0 spiro atoms. The van der Waals surface area contributed by atoms with Gasteiger partial charge >= 0.3 is 5.97 Å². The Bertz CT molecular complexity index is 499. The van der Waals surface area contributed by atoms with Crippen molar-refractivity contribution < 1.29 is 24.1 Å². The highest BCUT2D eigenvalue weighted by atomic mass is 28.3. The van der Waals surface area contributed by atoms with Crippen LogP contribution in [0.25, 0.3) is 0 Å². The van der Waals surface area contributed by atoms with Crippen LogP contribution in [-0.2, 0) is 19.0 Å². The summed E-state index contributed by atoms with van der Waals surface area (Å²) in [7, 11) is 0.00325. The number of carbonyl (C=O) groups excluding carboxylic acids is 1. The summed E-state index contributed by atoms with van der Waals surface area (Å²) >= 11 is 0. The van der Waals surface area contributed by atoms with E-state index in [1.54, 1.807) is 6.08 Å². The molecule has 2 fully saturated rings. The molecule has 128 valence electrons. The highest BCUT2D eigenvalue weighted by Gasteiger charge is 2.47. The first-order valence-corrected chi connectivity index (χ1v) is 11.5. The largest absolute Gasteiger partial charge is 0.467 e. The van der Waals surface area contributed by atoms with Crippen molar-refractivity contribution in [2.24, 2.45) is 0 Å². The van der Waals surface area contributed by atoms with Crippen LogP contribution < -0.4 is 0 Å². The molecule has 0 aromatic rings. The van der Waals surface area contributed by atoms with E-state index in [-0.39, 0.29) is 24.3 Å². The number of fused-ring (bicyclic) bond motifs is 1. The molecule has 6 heteroatoms. The van der Waals surface area contributed by atoms with Crippen LogP contribution in [0.15, 0.2) is 12.2 Å². The second-order valence-corrected chi connectivity index (χ2v) is 11.8. The van der Waals surface area contributed by atoms with Crippen molar-refractivity contribution in [2.45, 2.75) is 69.4 Å². The van der Waals surface area contributed by atoms with Crippen molar-refractivity contribution in [1.82, 2.24) is 0 Å². The quantitative estimate of drug-likeness (QED) is 0.480. The number of hydrogen-bond acceptors (Lipinski definition) is 5. The molecule has 2 aliphatic rings. The van der Waals surface area contributed by atoms with E-state index in [2.05, 4.69) is 35.8 Å². The van der Waals surface area contributed by atoms with Gasteiger partial charge in [-0.05, 0) is 12.5 Å². The lowest BCUT2D eigenvalue weighted by Crippen LogP contribution is -2.29. The zero-order valence-corrected chi connectivity index (χ0v) is 15.2. The van der Waals surface area contributed by atoms with Gasteiger partial charge in [-0.25, -0.2) is 4.79 Å². The summed E-state index contributed by atoms with van der Waals surface area (Å²) in [5.41, 5.74) is 3.24. The van der Waals surface area contributed by atoms with Gasteiger partial charge in [-0.3, -0.25) is 0 Å². The lowest BCUT2D eigenvalue weighted by molar-refractivity contribution is -0.153. The summed E-state index contributed by atoms with van der Waals surface area (Å²) in [5, 5.41) is 10.2. The molecule has 5 nitrogen and oxygen atoms in total. The van der Waals surface area contributed by atoms with E-state index in [0.717, 1.165) is 0 Å². The lowest BCUT2D eigenvalue weighted by atomic mass is 10.0. The van der Waals surface area contributed by atoms with Gasteiger partial charge in [0.2, 0.25) is 0 Å². The molecule has 0 bridgehead atoms. The van der Waals surface area contributed by atoms with Crippen LogP contribution in [0.1, 0.15) is 19.3 Å². The van der Waals surface area contributed by atoms with E-state index in [1.807, 2.05) is 6.08 Å². The number of hydrogen-bond donors (Lipinski definition) is 1. The molecule has 0 saturated carbocycles. The number of allylic oxidation sites excluding steroid dienone is 1. The number of esters is 1. The van der Waals surface area contributed by atoms with E-state index < -0.39 is 20.3 Å². The predicted molar refractivity (Wildman–Crippen MR) is 89.5 cm³/mol. The molecule has 2 heterocycles. The summed E-state index contributed by atoms with van der Waals surface area (Å²) in [5.74, 6) is 2.68. The van der Waals surface area contributed by atoms with Crippen LogP contribution in [0.3, 0.4) is 0 Å². The fourth-order valence-electron chi connectivity index (χ4n) is 2.78. The summed E-state index contributed by atoms with van der Waals surface area (Å²) in [6.45, 7) is 6.57. The van der Waals surface area contributed by atoms with Crippen molar-refractivity contribution in [3.63, 3.8) is 0 Å². The highest BCUT2D eigenvalue weighted by molar-refractivity contribution is 6.83. The Kier molecular flexibility index (Phi) is 6.04. The molecule has 0 unspecified atom stereocenters. The zero-order valence-electron chi connectivity index (χ0n) is 14.2. The maximum Gasteiger partial charge on any atom is 0.335 e. The number of ether oxygens (including phenoxy) is 3. The third-order valence-electron chi connectivity index (χ3n) is 3.93. The third kappa shape index (κ3) is 5.18. The Balaban J connectivity index is 1.77. The van der Waals surface area contributed by atoms with Crippen molar-refractivity contribution in [3.05, 3.63) is 12.2 Å². The number of methoxy groups -OCH3 is 1. The first-order chi connectivity index (χ1) is 10.8. The van der Waals surface area contributed by atoms with Gasteiger partial charge in [-0.1, -0.05) is 31.6 Å². The van der Waals surface area contributed by atoms with E-state index in [1.165, 1.54) is 7.11 Å². The zero-order chi connectivity index (χ0) is 17.0. The Morgan fingerprint density at radius 2 is 2.04 bits per heavy atom. The average molecular weight is 338 g/mol. The molecular formula is C17H26O5Si. The maximum atomic E-state index is 11.5. The third-order valence-corrected chi connectivity index (χ3v) is 4.83. The second kappa shape index (κ2) is 7.62.